The maximum absolute atomic E-state index is 12.5. The molecule has 2 aliphatic rings. The first-order valence-corrected chi connectivity index (χ1v) is 12.1. The first-order chi connectivity index (χ1) is 14.8. The SMILES string of the molecule is O=C(NCCCc1ccccc1)N1CCc2sc(OCCCN3CCCC3)cc2C1. The van der Waals surface area contributed by atoms with Gasteiger partial charge >= 0.3 is 6.03 Å². The summed E-state index contributed by atoms with van der Waals surface area (Å²) in [5.41, 5.74) is 2.57. The Morgan fingerprint density at radius 3 is 2.77 bits per heavy atom. The zero-order valence-electron chi connectivity index (χ0n) is 17.8. The molecule has 1 N–H and O–H groups in total. The molecule has 30 heavy (non-hydrogen) atoms. The van der Waals surface area contributed by atoms with Crippen molar-refractivity contribution in [3.05, 3.63) is 52.4 Å². The lowest BCUT2D eigenvalue weighted by molar-refractivity contribution is 0.192. The van der Waals surface area contributed by atoms with Crippen molar-refractivity contribution in [1.82, 2.24) is 15.1 Å². The molecule has 5 nitrogen and oxygen atoms in total. The molecule has 2 aromatic rings. The minimum absolute atomic E-state index is 0.0491. The maximum atomic E-state index is 12.5. The van der Waals surface area contributed by atoms with E-state index in [1.807, 2.05) is 11.0 Å². The summed E-state index contributed by atoms with van der Waals surface area (Å²) in [5.74, 6) is 0. The van der Waals surface area contributed by atoms with Crippen molar-refractivity contribution < 1.29 is 9.53 Å². The molecule has 0 aliphatic carbocycles. The van der Waals surface area contributed by atoms with Gasteiger partial charge in [0.05, 0.1) is 6.61 Å². The van der Waals surface area contributed by atoms with Crippen LogP contribution >= 0.6 is 11.3 Å². The number of hydrogen-bond acceptors (Lipinski definition) is 4. The molecule has 0 unspecified atom stereocenters. The number of likely N-dealkylation sites (tertiary alicyclic amines) is 1. The van der Waals surface area contributed by atoms with Crippen molar-refractivity contribution in [3.63, 3.8) is 0 Å². The molecule has 162 valence electrons. The van der Waals surface area contributed by atoms with E-state index in [9.17, 15) is 4.79 Å². The topological polar surface area (TPSA) is 44.8 Å². The number of carbonyl (C=O) groups is 1. The summed E-state index contributed by atoms with van der Waals surface area (Å²) in [4.78, 5) is 18.4. The van der Waals surface area contributed by atoms with E-state index in [0.29, 0.717) is 13.1 Å². The van der Waals surface area contributed by atoms with Crippen molar-refractivity contribution in [2.24, 2.45) is 0 Å². The second-order valence-electron chi connectivity index (χ2n) is 8.26. The number of hydrogen-bond donors (Lipinski definition) is 1. The second kappa shape index (κ2) is 10.8. The number of urea groups is 1. The van der Waals surface area contributed by atoms with Crippen LogP contribution < -0.4 is 10.1 Å². The average molecular weight is 428 g/mol. The molecule has 1 aromatic carbocycles. The number of aryl methyl sites for hydroxylation is 1. The number of ether oxygens (including phenoxy) is 1. The monoisotopic (exact) mass is 427 g/mol. The van der Waals surface area contributed by atoms with Crippen LogP contribution in [0.1, 0.15) is 41.7 Å². The summed E-state index contributed by atoms with van der Waals surface area (Å²) in [5, 5.41) is 4.09. The number of thiophene rings is 1. The van der Waals surface area contributed by atoms with Crippen molar-refractivity contribution in [1.29, 1.82) is 0 Å². The van der Waals surface area contributed by atoms with Crippen LogP contribution in [-0.4, -0.2) is 55.2 Å². The fourth-order valence-electron chi connectivity index (χ4n) is 4.26. The number of carbonyl (C=O) groups excluding carboxylic acids is 1. The predicted molar refractivity (Wildman–Crippen MR) is 122 cm³/mol. The van der Waals surface area contributed by atoms with E-state index < -0.39 is 0 Å². The molecule has 3 heterocycles. The Hall–Kier alpha value is -2.05. The van der Waals surface area contributed by atoms with Crippen LogP contribution in [0.5, 0.6) is 5.06 Å². The third-order valence-electron chi connectivity index (χ3n) is 5.95. The van der Waals surface area contributed by atoms with E-state index in [2.05, 4.69) is 40.5 Å². The maximum Gasteiger partial charge on any atom is 0.317 e. The van der Waals surface area contributed by atoms with E-state index in [0.717, 1.165) is 50.4 Å². The number of amides is 2. The zero-order valence-corrected chi connectivity index (χ0v) is 18.6. The minimum Gasteiger partial charge on any atom is -0.484 e. The van der Waals surface area contributed by atoms with Gasteiger partial charge in [0, 0.05) is 31.1 Å². The molecule has 2 amide bonds. The van der Waals surface area contributed by atoms with Gasteiger partial charge in [-0.05, 0) is 68.8 Å². The van der Waals surface area contributed by atoms with Crippen LogP contribution in [-0.2, 0) is 19.4 Å². The Morgan fingerprint density at radius 2 is 1.93 bits per heavy atom. The standard InChI is InChI=1S/C24H33N3O2S/c28-24(25-12-6-10-20-8-2-1-3-9-20)27-16-11-22-21(19-27)18-23(30-22)29-17-7-15-26-13-4-5-14-26/h1-3,8-9,18H,4-7,10-17,19H2,(H,25,28). The fourth-order valence-corrected chi connectivity index (χ4v) is 5.30. The van der Waals surface area contributed by atoms with Crippen LogP contribution in [0.4, 0.5) is 4.79 Å². The summed E-state index contributed by atoms with van der Waals surface area (Å²) >= 11 is 1.76. The summed E-state index contributed by atoms with van der Waals surface area (Å²) in [7, 11) is 0. The molecule has 6 heteroatoms. The smallest absolute Gasteiger partial charge is 0.317 e. The molecular weight excluding hydrogens is 394 g/mol. The number of nitrogens with one attached hydrogen (secondary N) is 1. The largest absolute Gasteiger partial charge is 0.484 e. The van der Waals surface area contributed by atoms with Gasteiger partial charge in [0.25, 0.3) is 0 Å². The summed E-state index contributed by atoms with van der Waals surface area (Å²) in [6.45, 7) is 6.60. The van der Waals surface area contributed by atoms with E-state index in [4.69, 9.17) is 4.74 Å². The van der Waals surface area contributed by atoms with Gasteiger partial charge in [0.15, 0.2) is 5.06 Å². The van der Waals surface area contributed by atoms with E-state index in [-0.39, 0.29) is 6.03 Å². The highest BCUT2D eigenvalue weighted by Crippen LogP contribution is 2.33. The highest BCUT2D eigenvalue weighted by Gasteiger charge is 2.23. The van der Waals surface area contributed by atoms with Crippen molar-refractivity contribution in [2.45, 2.75) is 45.1 Å². The van der Waals surface area contributed by atoms with Gasteiger partial charge in [-0.25, -0.2) is 4.79 Å². The number of benzene rings is 1. The lowest BCUT2D eigenvalue weighted by atomic mass is 10.1. The molecule has 4 rings (SSSR count). The highest BCUT2D eigenvalue weighted by molar-refractivity contribution is 7.14. The van der Waals surface area contributed by atoms with Gasteiger partial charge in [-0.1, -0.05) is 30.3 Å². The molecule has 1 saturated heterocycles. The number of rotatable bonds is 9. The fraction of sp³-hybridized carbons (Fsp3) is 0.542. The lowest BCUT2D eigenvalue weighted by Gasteiger charge is -2.27. The molecule has 0 radical (unpaired) electrons. The third-order valence-corrected chi connectivity index (χ3v) is 7.10. The molecule has 0 saturated carbocycles. The molecule has 0 spiro atoms. The quantitative estimate of drug-likeness (QED) is 0.607. The first kappa shape index (κ1) is 21.2. The van der Waals surface area contributed by atoms with Crippen LogP contribution in [0.25, 0.3) is 0 Å². The van der Waals surface area contributed by atoms with Gasteiger partial charge in [0.2, 0.25) is 0 Å². The van der Waals surface area contributed by atoms with E-state index in [1.54, 1.807) is 11.3 Å². The van der Waals surface area contributed by atoms with Crippen LogP contribution in [0.3, 0.4) is 0 Å². The Balaban J connectivity index is 1.16. The summed E-state index contributed by atoms with van der Waals surface area (Å²) in [6.07, 6.45) is 6.65. The number of fused-ring (bicyclic) bond motifs is 1. The summed E-state index contributed by atoms with van der Waals surface area (Å²) in [6, 6.07) is 12.6. The van der Waals surface area contributed by atoms with Crippen LogP contribution in [0, 0.1) is 0 Å². The van der Waals surface area contributed by atoms with Crippen molar-refractivity contribution >= 4 is 17.4 Å². The van der Waals surface area contributed by atoms with Crippen molar-refractivity contribution in [2.75, 3.05) is 39.3 Å². The minimum atomic E-state index is 0.0491. The van der Waals surface area contributed by atoms with Crippen molar-refractivity contribution in [3.8, 4) is 5.06 Å². The zero-order chi connectivity index (χ0) is 20.6. The Labute approximate surface area is 184 Å². The normalized spacial score (nSPS) is 16.5. The average Bonchev–Trinajstić information content (AvgIpc) is 3.43. The Morgan fingerprint density at radius 1 is 1.10 bits per heavy atom. The molecule has 1 aromatic heterocycles. The summed E-state index contributed by atoms with van der Waals surface area (Å²) < 4.78 is 6.01. The van der Waals surface area contributed by atoms with E-state index >= 15 is 0 Å². The first-order valence-electron chi connectivity index (χ1n) is 11.3. The van der Waals surface area contributed by atoms with Gasteiger partial charge in [-0.15, -0.1) is 11.3 Å². The van der Waals surface area contributed by atoms with Crippen LogP contribution in [0.2, 0.25) is 0 Å². The predicted octanol–water partition coefficient (Wildman–Crippen LogP) is 4.31. The van der Waals surface area contributed by atoms with Gasteiger partial charge < -0.3 is 19.9 Å². The highest BCUT2D eigenvalue weighted by atomic mass is 32.1. The van der Waals surface area contributed by atoms with Crippen LogP contribution in [0.15, 0.2) is 36.4 Å². The van der Waals surface area contributed by atoms with E-state index in [1.165, 1.54) is 41.9 Å². The third kappa shape index (κ3) is 5.99. The molecule has 1 fully saturated rings. The molecule has 2 aliphatic heterocycles. The van der Waals surface area contributed by atoms with Gasteiger partial charge in [-0.2, -0.15) is 0 Å². The number of nitrogens with zero attached hydrogens (tertiary/aromatic N) is 2. The molecule has 0 bridgehead atoms. The Bertz CT molecular complexity index is 802. The molecule has 0 atom stereocenters. The van der Waals surface area contributed by atoms with Gasteiger partial charge in [-0.3, -0.25) is 0 Å². The Kier molecular flexibility index (Phi) is 7.65. The van der Waals surface area contributed by atoms with Gasteiger partial charge in [0.1, 0.15) is 0 Å². The molecular formula is C24H33N3O2S. The lowest BCUT2D eigenvalue weighted by Crippen LogP contribution is -2.42. The second-order valence-corrected chi connectivity index (χ2v) is 9.36.